The van der Waals surface area contributed by atoms with E-state index in [-0.39, 0.29) is 0 Å². The average molecular weight is 223 g/mol. The van der Waals surface area contributed by atoms with Gasteiger partial charge in [0.1, 0.15) is 0 Å². The van der Waals surface area contributed by atoms with Crippen LogP contribution in [-0.4, -0.2) is 5.24 Å². The molecule has 12 heavy (non-hydrogen) atoms. The molecular weight excluding hydrogens is 216 g/mol. The molecule has 4 N–H and O–H groups in total. The molecule has 0 aromatic carbocycles. The van der Waals surface area contributed by atoms with Crippen LogP contribution >= 0.6 is 34.7 Å². The fourth-order valence-electron chi connectivity index (χ4n) is 0.680. The molecule has 1 aromatic heterocycles. The van der Waals surface area contributed by atoms with Crippen molar-refractivity contribution in [3.63, 3.8) is 0 Å². The zero-order valence-electron chi connectivity index (χ0n) is 6.04. The van der Waals surface area contributed by atoms with E-state index in [0.717, 1.165) is 16.6 Å². The Hall–Kier alpha value is -0.230. The maximum atomic E-state index is 10.5. The lowest BCUT2D eigenvalue weighted by molar-refractivity contribution is 0.267. The minimum atomic E-state index is -0.460. The van der Waals surface area contributed by atoms with Gasteiger partial charge in [-0.15, -0.1) is 11.3 Å². The summed E-state index contributed by atoms with van der Waals surface area (Å²) in [7, 11) is 0. The third-order valence-corrected chi connectivity index (χ3v) is 3.72. The molecule has 0 bridgehead atoms. The molecule has 3 nitrogen and oxygen atoms in total. The first-order valence-corrected chi connectivity index (χ1v) is 5.15. The summed E-state index contributed by atoms with van der Waals surface area (Å²) in [6.45, 7) is 0.392. The molecule has 0 atom stereocenters. The van der Waals surface area contributed by atoms with Crippen LogP contribution in [0.15, 0.2) is 10.3 Å². The van der Waals surface area contributed by atoms with Gasteiger partial charge in [-0.25, -0.2) is 0 Å². The van der Waals surface area contributed by atoms with Gasteiger partial charge in [0.25, 0.3) is 5.24 Å². The Balaban J connectivity index is 2.87. The fraction of sp³-hybridized carbons (Fsp3) is 0.167. The molecule has 0 fully saturated rings. The molecule has 0 unspecified atom stereocenters. The monoisotopic (exact) mass is 222 g/mol. The van der Waals surface area contributed by atoms with Gasteiger partial charge in [0.15, 0.2) is 0 Å². The summed E-state index contributed by atoms with van der Waals surface area (Å²) in [6, 6.07) is 0. The molecule has 1 amide bonds. The summed E-state index contributed by atoms with van der Waals surface area (Å²) in [5.41, 5.74) is 10.4. The highest BCUT2D eigenvalue weighted by Gasteiger charge is 2.10. The van der Waals surface area contributed by atoms with Crippen molar-refractivity contribution in [1.29, 1.82) is 0 Å². The van der Waals surface area contributed by atoms with E-state index in [4.69, 9.17) is 23.1 Å². The van der Waals surface area contributed by atoms with Gasteiger partial charge in [-0.1, -0.05) is 11.6 Å². The molecule has 0 saturated carbocycles. The highest BCUT2D eigenvalue weighted by atomic mass is 35.5. The minimum Gasteiger partial charge on any atom is -0.360 e. The predicted octanol–water partition coefficient (Wildman–Crippen LogP) is 2.03. The fourth-order valence-corrected chi connectivity index (χ4v) is 2.63. The van der Waals surface area contributed by atoms with Gasteiger partial charge in [0.05, 0.1) is 5.02 Å². The second-order valence-electron chi connectivity index (χ2n) is 1.96. The zero-order chi connectivity index (χ0) is 9.14. The van der Waals surface area contributed by atoms with Crippen molar-refractivity contribution in [2.24, 2.45) is 11.5 Å². The number of carbonyl (C=O) groups is 1. The van der Waals surface area contributed by atoms with Crippen molar-refractivity contribution in [2.45, 2.75) is 11.4 Å². The molecular formula is C6H7ClN2OS2. The van der Waals surface area contributed by atoms with Crippen molar-refractivity contribution in [1.82, 2.24) is 0 Å². The summed E-state index contributed by atoms with van der Waals surface area (Å²) in [5, 5.41) is 1.87. The van der Waals surface area contributed by atoms with Gasteiger partial charge in [0, 0.05) is 21.7 Å². The highest BCUT2D eigenvalue weighted by molar-refractivity contribution is 8.13. The standard InChI is InChI=1S/C6H7ClN2OS2/c7-5-3(1-8)11-2-4(5)12-6(9)10/h2H,1,8H2,(H2,9,10). The first-order valence-electron chi connectivity index (χ1n) is 3.08. The lowest BCUT2D eigenvalue weighted by Gasteiger charge is -1.93. The summed E-state index contributed by atoms with van der Waals surface area (Å²) >= 11 is 8.23. The summed E-state index contributed by atoms with van der Waals surface area (Å²) in [5.74, 6) is 0. The Bertz CT molecular complexity index is 300. The van der Waals surface area contributed by atoms with E-state index >= 15 is 0 Å². The van der Waals surface area contributed by atoms with Crippen LogP contribution in [0.25, 0.3) is 0 Å². The van der Waals surface area contributed by atoms with Crippen LogP contribution in [-0.2, 0) is 6.54 Å². The Morgan fingerprint density at radius 3 is 2.83 bits per heavy atom. The third-order valence-electron chi connectivity index (χ3n) is 1.17. The molecule has 1 aromatic rings. The Labute approximate surface area is 83.1 Å². The van der Waals surface area contributed by atoms with Crippen LogP contribution in [0.4, 0.5) is 4.79 Å². The lowest BCUT2D eigenvalue weighted by Crippen LogP contribution is -2.01. The maximum absolute atomic E-state index is 10.5. The van der Waals surface area contributed by atoms with Crippen LogP contribution in [0.3, 0.4) is 0 Å². The SMILES string of the molecule is NCc1scc(SC(N)=O)c1Cl. The number of halogens is 1. The van der Waals surface area contributed by atoms with Gasteiger partial charge in [-0.3, -0.25) is 4.79 Å². The number of nitrogens with two attached hydrogens (primary N) is 2. The van der Waals surface area contributed by atoms with E-state index in [9.17, 15) is 4.79 Å². The molecule has 0 aliphatic carbocycles. The Morgan fingerprint density at radius 1 is 1.75 bits per heavy atom. The molecule has 66 valence electrons. The van der Waals surface area contributed by atoms with Crippen molar-refractivity contribution < 1.29 is 4.79 Å². The van der Waals surface area contributed by atoms with E-state index in [1.807, 2.05) is 0 Å². The topological polar surface area (TPSA) is 69.1 Å². The maximum Gasteiger partial charge on any atom is 0.281 e. The van der Waals surface area contributed by atoms with Crippen molar-refractivity contribution in [3.8, 4) is 0 Å². The van der Waals surface area contributed by atoms with E-state index in [1.54, 1.807) is 5.38 Å². The second kappa shape index (κ2) is 4.13. The molecule has 0 aliphatic rings. The van der Waals surface area contributed by atoms with Crippen LogP contribution in [0.1, 0.15) is 4.88 Å². The van der Waals surface area contributed by atoms with E-state index in [1.165, 1.54) is 11.3 Å². The normalized spacial score (nSPS) is 10.2. The van der Waals surface area contributed by atoms with E-state index in [0.29, 0.717) is 16.5 Å². The number of hydrogen-bond donors (Lipinski definition) is 2. The van der Waals surface area contributed by atoms with Crippen molar-refractivity contribution in [2.75, 3.05) is 0 Å². The number of primary amides is 1. The second-order valence-corrected chi connectivity index (χ2v) is 4.35. The molecule has 6 heteroatoms. The Kier molecular flexibility index (Phi) is 3.39. The zero-order valence-corrected chi connectivity index (χ0v) is 8.43. The number of hydrogen-bond acceptors (Lipinski definition) is 4. The molecule has 0 spiro atoms. The first-order chi connectivity index (χ1) is 5.65. The van der Waals surface area contributed by atoms with Crippen LogP contribution < -0.4 is 11.5 Å². The molecule has 0 aliphatic heterocycles. The van der Waals surface area contributed by atoms with E-state index in [2.05, 4.69) is 0 Å². The van der Waals surface area contributed by atoms with Gasteiger partial charge in [-0.2, -0.15) is 0 Å². The summed E-state index contributed by atoms with van der Waals surface area (Å²) in [6.07, 6.45) is 0. The van der Waals surface area contributed by atoms with Crippen molar-refractivity contribution in [3.05, 3.63) is 15.3 Å². The number of thiophene rings is 1. The lowest BCUT2D eigenvalue weighted by atomic mass is 10.5. The predicted molar refractivity (Wildman–Crippen MR) is 52.7 cm³/mol. The van der Waals surface area contributed by atoms with Gasteiger partial charge in [-0.05, 0) is 11.8 Å². The summed E-state index contributed by atoms with van der Waals surface area (Å²) < 4.78 is 0. The first kappa shape index (κ1) is 9.85. The van der Waals surface area contributed by atoms with Gasteiger partial charge in [0.2, 0.25) is 0 Å². The smallest absolute Gasteiger partial charge is 0.281 e. The molecule has 1 rings (SSSR count). The average Bonchev–Trinajstić information content (AvgIpc) is 2.32. The summed E-state index contributed by atoms with van der Waals surface area (Å²) in [4.78, 5) is 12.1. The molecule has 1 heterocycles. The third kappa shape index (κ3) is 2.13. The quantitative estimate of drug-likeness (QED) is 0.753. The van der Waals surface area contributed by atoms with Crippen LogP contribution in [0, 0.1) is 0 Å². The molecule has 0 radical (unpaired) electrons. The largest absolute Gasteiger partial charge is 0.360 e. The highest BCUT2D eigenvalue weighted by Crippen LogP contribution is 2.34. The van der Waals surface area contributed by atoms with E-state index < -0.39 is 5.24 Å². The number of thioether (sulfide) groups is 1. The van der Waals surface area contributed by atoms with Crippen molar-refractivity contribution >= 4 is 39.9 Å². The van der Waals surface area contributed by atoms with Gasteiger partial charge >= 0.3 is 0 Å². The molecule has 0 saturated heterocycles. The minimum absolute atomic E-state index is 0.392. The number of rotatable bonds is 2. The van der Waals surface area contributed by atoms with Crippen LogP contribution in [0.5, 0.6) is 0 Å². The van der Waals surface area contributed by atoms with Gasteiger partial charge < -0.3 is 11.5 Å². The van der Waals surface area contributed by atoms with Crippen LogP contribution in [0.2, 0.25) is 5.02 Å². The number of carbonyl (C=O) groups excluding carboxylic acids is 1. The Morgan fingerprint density at radius 2 is 2.42 bits per heavy atom. The number of amides is 1.